The fourth-order valence-corrected chi connectivity index (χ4v) is 2.90. The molecule has 1 N–H and O–H groups in total. The molecule has 0 saturated carbocycles. The fraction of sp³-hybridized carbons (Fsp3) is 0.550. The molecule has 0 amide bonds. The maximum absolute atomic E-state index is 5.63. The van der Waals surface area contributed by atoms with Crippen LogP contribution < -0.4 is 5.32 Å². The summed E-state index contributed by atoms with van der Waals surface area (Å²) in [5.74, 6) is 1.28. The van der Waals surface area contributed by atoms with E-state index in [2.05, 4.69) is 68.9 Å². The molecule has 0 aliphatic rings. The Morgan fingerprint density at radius 2 is 1.75 bits per heavy atom. The third-order valence-corrected chi connectivity index (χ3v) is 4.03. The van der Waals surface area contributed by atoms with Crippen LogP contribution in [0.2, 0.25) is 0 Å². The molecule has 0 saturated heterocycles. The van der Waals surface area contributed by atoms with Gasteiger partial charge in [-0.15, -0.1) is 0 Å². The maximum atomic E-state index is 5.63. The first-order valence-electron chi connectivity index (χ1n) is 8.85. The Balaban J connectivity index is 2.04. The minimum atomic E-state index is 0.563. The van der Waals surface area contributed by atoms with E-state index >= 15 is 0 Å². The number of aromatic nitrogens is 1. The second-order valence-corrected chi connectivity index (χ2v) is 7.50. The topological polar surface area (TPSA) is 41.3 Å². The predicted octanol–water partition coefficient (Wildman–Crippen LogP) is 5.15. The molecular formula is C20H31N3O. The molecule has 0 spiro atoms. The summed E-state index contributed by atoms with van der Waals surface area (Å²) >= 11 is 0. The van der Waals surface area contributed by atoms with Crippen molar-refractivity contribution in [1.29, 1.82) is 0 Å². The quantitative estimate of drug-likeness (QED) is 0.727. The van der Waals surface area contributed by atoms with Gasteiger partial charge in [-0.25, -0.2) is 0 Å². The number of nitrogens with zero attached hydrogens (tertiary/aromatic N) is 2. The van der Waals surface area contributed by atoms with Gasteiger partial charge in [0.2, 0.25) is 0 Å². The van der Waals surface area contributed by atoms with Gasteiger partial charge in [-0.05, 0) is 42.9 Å². The fourth-order valence-electron chi connectivity index (χ4n) is 2.90. The minimum Gasteiger partial charge on any atom is -0.432 e. The summed E-state index contributed by atoms with van der Waals surface area (Å²) in [6.45, 7) is 16.2. The molecule has 0 aliphatic heterocycles. The highest BCUT2D eigenvalue weighted by molar-refractivity contribution is 5.59. The maximum Gasteiger partial charge on any atom is 0.299 e. The van der Waals surface area contributed by atoms with Crippen molar-refractivity contribution < 1.29 is 4.42 Å². The lowest BCUT2D eigenvalue weighted by Crippen LogP contribution is -2.31. The predicted molar refractivity (Wildman–Crippen MR) is 101 cm³/mol. The van der Waals surface area contributed by atoms with Gasteiger partial charge in [-0.2, -0.15) is 4.98 Å². The van der Waals surface area contributed by atoms with Crippen LogP contribution in [0.25, 0.3) is 0 Å². The van der Waals surface area contributed by atoms with Crippen molar-refractivity contribution in [2.75, 3.05) is 18.4 Å². The van der Waals surface area contributed by atoms with Crippen LogP contribution in [-0.2, 0) is 6.54 Å². The minimum absolute atomic E-state index is 0.563. The van der Waals surface area contributed by atoms with Crippen molar-refractivity contribution in [3.8, 4) is 0 Å². The third kappa shape index (κ3) is 5.38. The van der Waals surface area contributed by atoms with E-state index in [-0.39, 0.29) is 0 Å². The van der Waals surface area contributed by atoms with Gasteiger partial charge in [0.05, 0.1) is 5.69 Å². The molecule has 2 aromatic rings. The number of anilines is 2. The summed E-state index contributed by atoms with van der Waals surface area (Å²) in [6.07, 6.45) is 1.76. The van der Waals surface area contributed by atoms with Gasteiger partial charge < -0.3 is 9.73 Å². The van der Waals surface area contributed by atoms with E-state index in [0.717, 1.165) is 31.0 Å². The molecule has 0 bridgehead atoms. The normalized spacial score (nSPS) is 11.7. The van der Waals surface area contributed by atoms with Gasteiger partial charge in [-0.3, -0.25) is 4.90 Å². The zero-order valence-electron chi connectivity index (χ0n) is 15.9. The van der Waals surface area contributed by atoms with Crippen LogP contribution in [0.5, 0.6) is 0 Å². The van der Waals surface area contributed by atoms with E-state index in [1.165, 1.54) is 11.1 Å². The van der Waals surface area contributed by atoms with Crippen molar-refractivity contribution in [2.45, 2.75) is 48.1 Å². The summed E-state index contributed by atoms with van der Waals surface area (Å²) in [5.41, 5.74) is 4.50. The number of benzene rings is 1. The van der Waals surface area contributed by atoms with Crippen LogP contribution in [0.3, 0.4) is 0 Å². The van der Waals surface area contributed by atoms with Crippen molar-refractivity contribution in [1.82, 2.24) is 9.88 Å². The van der Waals surface area contributed by atoms with Crippen molar-refractivity contribution in [2.24, 2.45) is 11.8 Å². The second kappa shape index (κ2) is 8.34. The Morgan fingerprint density at radius 1 is 1.08 bits per heavy atom. The second-order valence-electron chi connectivity index (χ2n) is 7.50. The zero-order chi connectivity index (χ0) is 17.7. The highest BCUT2D eigenvalue weighted by atomic mass is 16.4. The standard InChI is InChI=1S/C20H31N3O/c1-14(2)10-23(11-15(3)4)12-18-13-24-20(21-18)22-19-9-7-8-16(5)17(19)6/h7-9,13-15H,10-12H2,1-6H3,(H,21,22). The van der Waals surface area contributed by atoms with Gasteiger partial charge in [-0.1, -0.05) is 39.8 Å². The largest absolute Gasteiger partial charge is 0.432 e. The Morgan fingerprint density at radius 3 is 2.38 bits per heavy atom. The highest BCUT2D eigenvalue weighted by Crippen LogP contribution is 2.22. The highest BCUT2D eigenvalue weighted by Gasteiger charge is 2.13. The molecule has 4 nitrogen and oxygen atoms in total. The Kier molecular flexibility index (Phi) is 6.44. The molecule has 1 aromatic heterocycles. The van der Waals surface area contributed by atoms with Crippen molar-refractivity contribution >= 4 is 11.7 Å². The van der Waals surface area contributed by atoms with Crippen LogP contribution in [0.15, 0.2) is 28.9 Å². The molecule has 0 aliphatic carbocycles. The lowest BCUT2D eigenvalue weighted by atomic mass is 10.1. The van der Waals surface area contributed by atoms with Crippen LogP contribution in [0, 0.1) is 25.7 Å². The molecule has 1 heterocycles. The van der Waals surface area contributed by atoms with Gasteiger partial charge >= 0.3 is 0 Å². The Bertz CT molecular complexity index is 636. The lowest BCUT2D eigenvalue weighted by molar-refractivity contribution is 0.209. The molecule has 0 atom stereocenters. The van der Waals surface area contributed by atoms with Gasteiger partial charge in [0.25, 0.3) is 6.01 Å². The Hall–Kier alpha value is -1.81. The van der Waals surface area contributed by atoms with Crippen LogP contribution in [0.1, 0.15) is 44.5 Å². The van der Waals surface area contributed by atoms with Gasteiger partial charge in [0.1, 0.15) is 6.26 Å². The monoisotopic (exact) mass is 329 g/mol. The van der Waals surface area contributed by atoms with Crippen molar-refractivity contribution in [3.63, 3.8) is 0 Å². The Labute approximate surface area is 146 Å². The van der Waals surface area contributed by atoms with E-state index < -0.39 is 0 Å². The number of aryl methyl sites for hydroxylation is 1. The smallest absolute Gasteiger partial charge is 0.299 e. The number of rotatable bonds is 8. The molecule has 0 unspecified atom stereocenters. The van der Waals surface area contributed by atoms with E-state index in [1.54, 1.807) is 6.26 Å². The molecule has 0 fully saturated rings. The average Bonchev–Trinajstić information content (AvgIpc) is 2.89. The molecule has 0 radical (unpaired) electrons. The SMILES string of the molecule is Cc1cccc(Nc2nc(CN(CC(C)C)CC(C)C)co2)c1C. The summed E-state index contributed by atoms with van der Waals surface area (Å²) < 4.78 is 5.63. The van der Waals surface area contributed by atoms with E-state index in [9.17, 15) is 0 Å². The summed E-state index contributed by atoms with van der Waals surface area (Å²) in [7, 11) is 0. The van der Waals surface area contributed by atoms with Gasteiger partial charge in [0.15, 0.2) is 0 Å². The van der Waals surface area contributed by atoms with Crippen LogP contribution in [-0.4, -0.2) is 23.0 Å². The first kappa shape index (κ1) is 18.5. The molecule has 132 valence electrons. The first-order valence-corrected chi connectivity index (χ1v) is 8.85. The van der Waals surface area contributed by atoms with E-state index in [4.69, 9.17) is 4.42 Å². The zero-order valence-corrected chi connectivity index (χ0v) is 15.9. The average molecular weight is 329 g/mol. The van der Waals surface area contributed by atoms with E-state index in [0.29, 0.717) is 17.9 Å². The summed E-state index contributed by atoms with van der Waals surface area (Å²) in [6, 6.07) is 6.77. The van der Waals surface area contributed by atoms with E-state index in [1.807, 2.05) is 6.07 Å². The number of hydrogen-bond donors (Lipinski definition) is 1. The summed E-state index contributed by atoms with van der Waals surface area (Å²) in [5, 5.41) is 3.29. The number of nitrogens with one attached hydrogen (secondary N) is 1. The van der Waals surface area contributed by atoms with Crippen molar-refractivity contribution in [3.05, 3.63) is 41.3 Å². The summed E-state index contributed by atoms with van der Waals surface area (Å²) in [4.78, 5) is 7.06. The molecule has 2 rings (SSSR count). The molecule has 1 aromatic carbocycles. The molecule has 4 heteroatoms. The lowest BCUT2D eigenvalue weighted by Gasteiger charge is -2.24. The van der Waals surface area contributed by atoms with Crippen LogP contribution in [0.4, 0.5) is 11.7 Å². The third-order valence-electron chi connectivity index (χ3n) is 4.03. The number of hydrogen-bond acceptors (Lipinski definition) is 4. The molecular weight excluding hydrogens is 298 g/mol. The molecule has 24 heavy (non-hydrogen) atoms. The number of oxazole rings is 1. The first-order chi connectivity index (χ1) is 11.3. The van der Waals surface area contributed by atoms with Crippen LogP contribution >= 0.6 is 0 Å². The van der Waals surface area contributed by atoms with Gasteiger partial charge in [0, 0.05) is 25.3 Å².